The Bertz CT molecular complexity index is 1330. The van der Waals surface area contributed by atoms with Crippen LogP contribution in [0.1, 0.15) is 5.69 Å². The van der Waals surface area contributed by atoms with Gasteiger partial charge in [-0.05, 0) is 6.07 Å². The molecule has 1 aromatic carbocycles. The van der Waals surface area contributed by atoms with E-state index < -0.39 is 4.92 Å². The standard InChI is InChI=1S/C22H20N6O3S/c29-20-14-17(23-22-27(20)12-13-32-22)15-25-8-10-26(11-9-25)19-7-6-18(28(30)31)21(24-19)16-4-2-1-3-5-16/h1-7,12-14H,8-11,15H2. The largest absolute Gasteiger partial charge is 0.354 e. The minimum atomic E-state index is -0.392. The minimum absolute atomic E-state index is 0.0000773. The molecule has 162 valence electrons. The molecule has 4 aromatic rings. The van der Waals surface area contributed by atoms with Gasteiger partial charge in [0, 0.05) is 62.0 Å². The highest BCUT2D eigenvalue weighted by molar-refractivity contribution is 7.15. The molecule has 0 amide bonds. The number of hydrogen-bond acceptors (Lipinski definition) is 8. The Labute approximate surface area is 187 Å². The van der Waals surface area contributed by atoms with Crippen LogP contribution in [0.2, 0.25) is 0 Å². The fraction of sp³-hybridized carbons (Fsp3) is 0.227. The number of fused-ring (bicyclic) bond motifs is 1. The zero-order valence-corrected chi connectivity index (χ0v) is 17.9. The lowest BCUT2D eigenvalue weighted by molar-refractivity contribution is -0.384. The number of rotatable bonds is 5. The Morgan fingerprint density at radius 1 is 1.03 bits per heavy atom. The fourth-order valence-corrected chi connectivity index (χ4v) is 4.65. The molecule has 0 aliphatic carbocycles. The summed E-state index contributed by atoms with van der Waals surface area (Å²) in [7, 11) is 0. The van der Waals surface area contributed by atoms with E-state index in [1.165, 1.54) is 17.4 Å². The Balaban J connectivity index is 1.31. The van der Waals surface area contributed by atoms with Gasteiger partial charge in [-0.1, -0.05) is 30.3 Å². The lowest BCUT2D eigenvalue weighted by Gasteiger charge is -2.35. The molecule has 0 spiro atoms. The summed E-state index contributed by atoms with van der Waals surface area (Å²) in [5.74, 6) is 0.727. The third-order valence-corrected chi connectivity index (χ3v) is 6.30. The Morgan fingerprint density at radius 3 is 2.56 bits per heavy atom. The summed E-state index contributed by atoms with van der Waals surface area (Å²) in [6.45, 7) is 3.65. The molecule has 1 saturated heterocycles. The first kappa shape index (κ1) is 20.3. The molecule has 5 rings (SSSR count). The molecule has 1 aliphatic heterocycles. The highest BCUT2D eigenvalue weighted by Crippen LogP contribution is 2.30. The van der Waals surface area contributed by atoms with Crippen LogP contribution in [0.4, 0.5) is 11.5 Å². The van der Waals surface area contributed by atoms with Gasteiger partial charge in [-0.2, -0.15) is 0 Å². The van der Waals surface area contributed by atoms with Crippen molar-refractivity contribution in [3.63, 3.8) is 0 Å². The molecule has 3 aromatic heterocycles. The third kappa shape index (κ3) is 3.97. The molecule has 4 heterocycles. The molecule has 1 aliphatic rings. The van der Waals surface area contributed by atoms with Crippen molar-refractivity contribution in [2.75, 3.05) is 31.1 Å². The summed E-state index contributed by atoms with van der Waals surface area (Å²) in [5, 5.41) is 13.4. The Morgan fingerprint density at radius 2 is 1.81 bits per heavy atom. The van der Waals surface area contributed by atoms with Crippen LogP contribution >= 0.6 is 11.3 Å². The second-order valence-corrected chi connectivity index (χ2v) is 8.44. The fourth-order valence-electron chi connectivity index (χ4n) is 3.91. The van der Waals surface area contributed by atoms with Gasteiger partial charge in [-0.3, -0.25) is 24.2 Å². The van der Waals surface area contributed by atoms with E-state index in [1.54, 1.807) is 22.7 Å². The van der Waals surface area contributed by atoms with Gasteiger partial charge in [0.25, 0.3) is 11.2 Å². The van der Waals surface area contributed by atoms with Crippen molar-refractivity contribution in [1.29, 1.82) is 0 Å². The maximum Gasteiger partial charge on any atom is 0.295 e. The van der Waals surface area contributed by atoms with Crippen molar-refractivity contribution in [2.45, 2.75) is 6.54 Å². The lowest BCUT2D eigenvalue weighted by atomic mass is 10.1. The van der Waals surface area contributed by atoms with Crippen molar-refractivity contribution in [3.8, 4) is 11.3 Å². The number of hydrogen-bond donors (Lipinski definition) is 0. The van der Waals surface area contributed by atoms with E-state index >= 15 is 0 Å². The first-order valence-electron chi connectivity index (χ1n) is 10.2. The zero-order chi connectivity index (χ0) is 22.1. The van der Waals surface area contributed by atoms with Crippen LogP contribution in [0.15, 0.2) is 64.9 Å². The van der Waals surface area contributed by atoms with Crippen LogP contribution in [0, 0.1) is 10.1 Å². The van der Waals surface area contributed by atoms with E-state index in [-0.39, 0.29) is 11.2 Å². The molecule has 0 N–H and O–H groups in total. The quantitative estimate of drug-likeness (QED) is 0.342. The molecular formula is C22H20N6O3S. The van der Waals surface area contributed by atoms with Crippen LogP contribution in [0.5, 0.6) is 0 Å². The van der Waals surface area contributed by atoms with Crippen molar-refractivity contribution in [3.05, 3.63) is 86.3 Å². The minimum Gasteiger partial charge on any atom is -0.354 e. The van der Waals surface area contributed by atoms with Crippen molar-refractivity contribution >= 4 is 27.8 Å². The number of pyridine rings is 1. The molecule has 32 heavy (non-hydrogen) atoms. The molecule has 0 radical (unpaired) electrons. The van der Waals surface area contributed by atoms with Crippen LogP contribution in [0.3, 0.4) is 0 Å². The zero-order valence-electron chi connectivity index (χ0n) is 17.1. The average Bonchev–Trinajstić information content (AvgIpc) is 3.29. The highest BCUT2D eigenvalue weighted by atomic mass is 32.1. The summed E-state index contributed by atoms with van der Waals surface area (Å²) in [6.07, 6.45) is 1.73. The smallest absolute Gasteiger partial charge is 0.295 e. The Kier molecular flexibility index (Phi) is 5.38. The predicted molar refractivity (Wildman–Crippen MR) is 123 cm³/mol. The first-order chi connectivity index (χ1) is 15.6. The maximum absolute atomic E-state index is 12.2. The van der Waals surface area contributed by atoms with Gasteiger partial charge in [0.1, 0.15) is 5.82 Å². The van der Waals surface area contributed by atoms with E-state index in [9.17, 15) is 14.9 Å². The lowest BCUT2D eigenvalue weighted by Crippen LogP contribution is -2.46. The molecule has 0 unspecified atom stereocenters. The molecular weight excluding hydrogens is 428 g/mol. The van der Waals surface area contributed by atoms with E-state index in [0.717, 1.165) is 43.3 Å². The molecule has 1 fully saturated rings. The van der Waals surface area contributed by atoms with E-state index in [0.29, 0.717) is 17.2 Å². The monoisotopic (exact) mass is 448 g/mol. The number of anilines is 1. The number of nitrogens with zero attached hydrogens (tertiary/aromatic N) is 6. The van der Waals surface area contributed by atoms with Gasteiger partial charge in [-0.25, -0.2) is 9.97 Å². The summed E-state index contributed by atoms with van der Waals surface area (Å²) >= 11 is 1.45. The summed E-state index contributed by atoms with van der Waals surface area (Å²) in [6, 6.07) is 14.1. The van der Waals surface area contributed by atoms with Gasteiger partial charge < -0.3 is 4.90 Å². The summed E-state index contributed by atoms with van der Waals surface area (Å²) < 4.78 is 1.55. The molecule has 0 atom stereocenters. The van der Waals surface area contributed by atoms with Gasteiger partial charge in [-0.15, -0.1) is 11.3 Å². The number of benzene rings is 1. The molecule has 0 bridgehead atoms. The Hall–Kier alpha value is -3.63. The van der Waals surface area contributed by atoms with Gasteiger partial charge in [0.15, 0.2) is 10.7 Å². The average molecular weight is 449 g/mol. The van der Waals surface area contributed by atoms with E-state index in [2.05, 4.69) is 19.8 Å². The number of nitro groups is 1. The van der Waals surface area contributed by atoms with Crippen LogP contribution in [0.25, 0.3) is 16.2 Å². The summed E-state index contributed by atoms with van der Waals surface area (Å²) in [5.41, 5.74) is 1.81. The second kappa shape index (κ2) is 8.48. The third-order valence-electron chi connectivity index (χ3n) is 5.54. The second-order valence-electron chi connectivity index (χ2n) is 7.56. The number of aromatic nitrogens is 3. The molecule has 0 saturated carbocycles. The maximum atomic E-state index is 12.2. The van der Waals surface area contributed by atoms with Crippen molar-refractivity contribution < 1.29 is 4.92 Å². The van der Waals surface area contributed by atoms with Gasteiger partial charge >= 0.3 is 0 Å². The van der Waals surface area contributed by atoms with Gasteiger partial charge in [0.2, 0.25) is 0 Å². The number of thiazole rings is 1. The molecule has 10 heteroatoms. The first-order valence-corrected chi connectivity index (χ1v) is 11.1. The topological polar surface area (TPSA) is 96.9 Å². The molecule has 9 nitrogen and oxygen atoms in total. The highest BCUT2D eigenvalue weighted by Gasteiger charge is 2.23. The van der Waals surface area contributed by atoms with Crippen LogP contribution in [-0.2, 0) is 6.54 Å². The van der Waals surface area contributed by atoms with Gasteiger partial charge in [0.05, 0.1) is 10.6 Å². The SMILES string of the molecule is O=c1cc(CN2CCN(c3ccc([N+](=O)[O-])c(-c4ccccc4)n3)CC2)nc2sccn12. The van der Waals surface area contributed by atoms with E-state index in [4.69, 9.17) is 0 Å². The van der Waals surface area contributed by atoms with Crippen LogP contribution in [-0.4, -0.2) is 50.4 Å². The van der Waals surface area contributed by atoms with Crippen molar-refractivity contribution in [2.24, 2.45) is 0 Å². The van der Waals surface area contributed by atoms with Crippen LogP contribution < -0.4 is 10.5 Å². The predicted octanol–water partition coefficient (Wildman–Crippen LogP) is 3.05. The summed E-state index contributed by atoms with van der Waals surface area (Å²) in [4.78, 5) is 37.7. The normalized spacial score (nSPS) is 14.7. The van der Waals surface area contributed by atoms with E-state index in [1.807, 2.05) is 35.7 Å². The number of piperazine rings is 1. The van der Waals surface area contributed by atoms with Crippen molar-refractivity contribution in [1.82, 2.24) is 19.3 Å².